The van der Waals surface area contributed by atoms with E-state index in [1.54, 1.807) is 7.05 Å². The molecule has 2 N–H and O–H groups in total. The van der Waals surface area contributed by atoms with Crippen molar-refractivity contribution in [2.45, 2.75) is 32.2 Å². The van der Waals surface area contributed by atoms with Crippen LogP contribution in [-0.2, 0) is 0 Å². The first-order valence-corrected chi connectivity index (χ1v) is 7.18. The summed E-state index contributed by atoms with van der Waals surface area (Å²) < 4.78 is 0. The molecular formula is C13H24N6O. The normalized spacial score (nSPS) is 16.9. The molecule has 0 spiro atoms. The van der Waals surface area contributed by atoms with Crippen molar-refractivity contribution in [3.05, 3.63) is 0 Å². The number of hydrogen-bond donors (Lipinski definition) is 2. The molecule has 1 aliphatic rings. The smallest absolute Gasteiger partial charge is 0.232 e. The highest BCUT2D eigenvalue weighted by atomic mass is 16.3. The van der Waals surface area contributed by atoms with E-state index in [4.69, 9.17) is 0 Å². The minimum atomic E-state index is -0.0312. The van der Waals surface area contributed by atoms with Crippen molar-refractivity contribution in [1.82, 2.24) is 15.0 Å². The third kappa shape index (κ3) is 3.27. The summed E-state index contributed by atoms with van der Waals surface area (Å²) in [5, 5.41) is 12.3. The van der Waals surface area contributed by atoms with Gasteiger partial charge >= 0.3 is 0 Å². The van der Waals surface area contributed by atoms with Gasteiger partial charge in [-0.05, 0) is 26.2 Å². The van der Waals surface area contributed by atoms with Crippen LogP contribution in [0.25, 0.3) is 0 Å². The average molecular weight is 280 g/mol. The summed E-state index contributed by atoms with van der Waals surface area (Å²) in [7, 11) is 3.68. The first-order valence-electron chi connectivity index (χ1n) is 7.18. The molecule has 0 aromatic carbocycles. The standard InChI is InChI=1S/C13H24N6O/c1-10(9-20)18(3)12-15-11(14-2)16-13(17-12)19-7-5-4-6-8-19/h10,20H,4-9H2,1-3H3,(H,14,15,16,17). The molecule has 0 bridgehead atoms. The fourth-order valence-electron chi connectivity index (χ4n) is 2.18. The number of hydrogen-bond acceptors (Lipinski definition) is 7. The van der Waals surface area contributed by atoms with Gasteiger partial charge < -0.3 is 20.2 Å². The molecule has 0 amide bonds. The molecule has 0 radical (unpaired) electrons. The summed E-state index contributed by atoms with van der Waals surface area (Å²) in [4.78, 5) is 17.4. The number of likely N-dealkylation sites (N-methyl/N-ethyl adjacent to an activating group) is 1. The fraction of sp³-hybridized carbons (Fsp3) is 0.769. The fourth-order valence-corrected chi connectivity index (χ4v) is 2.18. The van der Waals surface area contributed by atoms with E-state index in [1.165, 1.54) is 19.3 Å². The molecule has 0 saturated carbocycles. The second kappa shape index (κ2) is 6.69. The van der Waals surface area contributed by atoms with Gasteiger partial charge in [0, 0.05) is 27.2 Å². The largest absolute Gasteiger partial charge is 0.394 e. The third-order valence-corrected chi connectivity index (χ3v) is 3.72. The lowest BCUT2D eigenvalue weighted by Gasteiger charge is -2.29. The molecule has 2 rings (SSSR count). The van der Waals surface area contributed by atoms with E-state index in [2.05, 4.69) is 25.2 Å². The van der Waals surface area contributed by atoms with Crippen molar-refractivity contribution in [2.24, 2.45) is 0 Å². The van der Waals surface area contributed by atoms with Gasteiger partial charge in [-0.2, -0.15) is 15.0 Å². The summed E-state index contributed by atoms with van der Waals surface area (Å²) in [5.74, 6) is 1.87. The van der Waals surface area contributed by atoms with Crippen molar-refractivity contribution in [2.75, 3.05) is 48.9 Å². The molecule has 1 unspecified atom stereocenters. The quantitative estimate of drug-likeness (QED) is 0.823. The Balaban J connectivity index is 2.27. The van der Waals surface area contributed by atoms with Crippen molar-refractivity contribution in [3.63, 3.8) is 0 Å². The topological polar surface area (TPSA) is 77.4 Å². The van der Waals surface area contributed by atoms with Gasteiger partial charge in [0.2, 0.25) is 17.8 Å². The highest BCUT2D eigenvalue weighted by Crippen LogP contribution is 2.20. The molecule has 1 aromatic rings. The Morgan fingerprint density at radius 3 is 2.55 bits per heavy atom. The molecule has 7 nitrogen and oxygen atoms in total. The Hall–Kier alpha value is -1.63. The van der Waals surface area contributed by atoms with E-state index in [-0.39, 0.29) is 12.6 Å². The van der Waals surface area contributed by atoms with Crippen LogP contribution in [0.5, 0.6) is 0 Å². The molecule has 20 heavy (non-hydrogen) atoms. The Morgan fingerprint density at radius 1 is 1.25 bits per heavy atom. The van der Waals surface area contributed by atoms with Crippen LogP contribution in [0, 0.1) is 0 Å². The van der Waals surface area contributed by atoms with E-state index < -0.39 is 0 Å². The summed E-state index contributed by atoms with van der Waals surface area (Å²) in [5.41, 5.74) is 0. The van der Waals surface area contributed by atoms with Crippen LogP contribution < -0.4 is 15.1 Å². The number of aliphatic hydroxyl groups is 1. The van der Waals surface area contributed by atoms with E-state index in [0.29, 0.717) is 11.9 Å². The molecular weight excluding hydrogens is 256 g/mol. The number of piperidine rings is 1. The van der Waals surface area contributed by atoms with Crippen LogP contribution in [0.15, 0.2) is 0 Å². The van der Waals surface area contributed by atoms with Gasteiger partial charge in [-0.25, -0.2) is 0 Å². The van der Waals surface area contributed by atoms with Crippen LogP contribution in [0.4, 0.5) is 17.8 Å². The predicted octanol–water partition coefficient (Wildman–Crippen LogP) is 0.721. The maximum Gasteiger partial charge on any atom is 0.232 e. The van der Waals surface area contributed by atoms with Crippen molar-refractivity contribution < 1.29 is 5.11 Å². The minimum Gasteiger partial charge on any atom is -0.394 e. The first-order chi connectivity index (χ1) is 9.65. The second-order valence-electron chi connectivity index (χ2n) is 5.20. The first kappa shape index (κ1) is 14.8. The zero-order chi connectivity index (χ0) is 14.5. The van der Waals surface area contributed by atoms with Crippen LogP contribution >= 0.6 is 0 Å². The van der Waals surface area contributed by atoms with Crippen LogP contribution in [0.1, 0.15) is 26.2 Å². The predicted molar refractivity (Wildman–Crippen MR) is 80.4 cm³/mol. The Bertz CT molecular complexity index is 415. The van der Waals surface area contributed by atoms with Gasteiger partial charge in [-0.1, -0.05) is 0 Å². The molecule has 7 heteroatoms. The van der Waals surface area contributed by atoms with Crippen LogP contribution in [0.3, 0.4) is 0 Å². The Kier molecular flexibility index (Phi) is 4.94. The zero-order valence-corrected chi connectivity index (χ0v) is 12.5. The Morgan fingerprint density at radius 2 is 1.95 bits per heavy atom. The number of aromatic nitrogens is 3. The summed E-state index contributed by atoms with van der Waals surface area (Å²) in [6.45, 7) is 3.98. The number of nitrogens with one attached hydrogen (secondary N) is 1. The SMILES string of the molecule is CNc1nc(N2CCCCC2)nc(N(C)C(C)CO)n1. The van der Waals surface area contributed by atoms with Gasteiger partial charge in [0.15, 0.2) is 0 Å². The average Bonchev–Trinajstić information content (AvgIpc) is 2.53. The third-order valence-electron chi connectivity index (χ3n) is 3.72. The monoisotopic (exact) mass is 280 g/mol. The molecule has 112 valence electrons. The van der Waals surface area contributed by atoms with E-state index >= 15 is 0 Å². The molecule has 0 aliphatic carbocycles. The minimum absolute atomic E-state index is 0.0312. The lowest BCUT2D eigenvalue weighted by Crippen LogP contribution is -2.35. The highest BCUT2D eigenvalue weighted by molar-refractivity contribution is 5.45. The molecule has 1 atom stereocenters. The van der Waals surface area contributed by atoms with E-state index in [0.717, 1.165) is 19.0 Å². The zero-order valence-electron chi connectivity index (χ0n) is 12.5. The van der Waals surface area contributed by atoms with Gasteiger partial charge in [-0.15, -0.1) is 0 Å². The van der Waals surface area contributed by atoms with E-state index in [9.17, 15) is 5.11 Å². The summed E-state index contributed by atoms with van der Waals surface area (Å²) in [6, 6.07) is -0.0312. The van der Waals surface area contributed by atoms with Crippen molar-refractivity contribution in [3.8, 4) is 0 Å². The number of aliphatic hydroxyl groups excluding tert-OH is 1. The number of nitrogens with zero attached hydrogens (tertiary/aromatic N) is 5. The summed E-state index contributed by atoms with van der Waals surface area (Å²) >= 11 is 0. The maximum atomic E-state index is 9.27. The lowest BCUT2D eigenvalue weighted by atomic mass is 10.1. The van der Waals surface area contributed by atoms with Crippen LogP contribution in [-0.4, -0.2) is 59.9 Å². The Labute approximate surface area is 120 Å². The second-order valence-corrected chi connectivity index (χ2v) is 5.20. The molecule has 1 aliphatic heterocycles. The van der Waals surface area contributed by atoms with E-state index in [1.807, 2.05) is 18.9 Å². The lowest BCUT2D eigenvalue weighted by molar-refractivity contribution is 0.269. The molecule has 1 saturated heterocycles. The van der Waals surface area contributed by atoms with Crippen molar-refractivity contribution >= 4 is 17.8 Å². The van der Waals surface area contributed by atoms with Gasteiger partial charge in [0.05, 0.1) is 12.6 Å². The van der Waals surface area contributed by atoms with Gasteiger partial charge in [0.1, 0.15) is 0 Å². The molecule has 2 heterocycles. The van der Waals surface area contributed by atoms with Gasteiger partial charge in [0.25, 0.3) is 0 Å². The number of rotatable bonds is 5. The highest BCUT2D eigenvalue weighted by Gasteiger charge is 2.19. The van der Waals surface area contributed by atoms with Crippen molar-refractivity contribution in [1.29, 1.82) is 0 Å². The molecule has 1 aromatic heterocycles. The van der Waals surface area contributed by atoms with Gasteiger partial charge in [-0.3, -0.25) is 0 Å². The van der Waals surface area contributed by atoms with Crippen LogP contribution in [0.2, 0.25) is 0 Å². The maximum absolute atomic E-state index is 9.27. The summed E-state index contributed by atoms with van der Waals surface area (Å²) in [6.07, 6.45) is 3.63. The number of anilines is 3. The molecule has 1 fully saturated rings.